The average molecular weight is 254 g/mol. The normalized spacial score (nSPS) is 10.6. The zero-order valence-electron chi connectivity index (χ0n) is 8.94. The van der Waals surface area contributed by atoms with Gasteiger partial charge in [-0.25, -0.2) is 0 Å². The molecule has 1 aromatic heterocycles. The highest BCUT2D eigenvalue weighted by molar-refractivity contribution is 7.20. The number of hydrogen-bond acceptors (Lipinski definition) is 2. The minimum atomic E-state index is 0.0434. The lowest BCUT2D eigenvalue weighted by atomic mass is 10.2. The number of nitrogens with zero attached hydrogens (tertiary/aromatic N) is 1. The summed E-state index contributed by atoms with van der Waals surface area (Å²) in [5, 5.41) is 1.12. The first-order valence-corrected chi connectivity index (χ1v) is 6.37. The molecule has 0 aliphatic carbocycles. The van der Waals surface area contributed by atoms with E-state index in [-0.39, 0.29) is 5.91 Å². The topological polar surface area (TPSA) is 20.3 Å². The number of thiophene rings is 1. The standard InChI is InChI=1S/C12H12ClNOS/c1-14(7-6-13)12(15)11-8-9-4-2-3-5-10(9)16-11/h2-5,8H,6-7H2,1H3. The Morgan fingerprint density at radius 1 is 1.44 bits per heavy atom. The van der Waals surface area contributed by atoms with E-state index in [1.54, 1.807) is 11.9 Å². The molecular formula is C12H12ClNOS. The summed E-state index contributed by atoms with van der Waals surface area (Å²) in [4.78, 5) is 14.4. The highest BCUT2D eigenvalue weighted by atomic mass is 35.5. The maximum atomic E-state index is 12.0. The van der Waals surface area contributed by atoms with Crippen molar-refractivity contribution in [1.29, 1.82) is 0 Å². The number of fused-ring (bicyclic) bond motifs is 1. The van der Waals surface area contributed by atoms with E-state index < -0.39 is 0 Å². The predicted octanol–water partition coefficient (Wildman–Crippen LogP) is 3.21. The lowest BCUT2D eigenvalue weighted by molar-refractivity contribution is 0.0808. The van der Waals surface area contributed by atoms with Crippen LogP contribution in [0.25, 0.3) is 10.1 Å². The Hall–Kier alpha value is -1.06. The van der Waals surface area contributed by atoms with E-state index in [1.165, 1.54) is 11.3 Å². The van der Waals surface area contributed by atoms with Gasteiger partial charge in [-0.15, -0.1) is 22.9 Å². The number of carbonyl (C=O) groups excluding carboxylic acids is 1. The number of hydrogen-bond donors (Lipinski definition) is 0. The lowest BCUT2D eigenvalue weighted by Gasteiger charge is -2.13. The smallest absolute Gasteiger partial charge is 0.263 e. The highest BCUT2D eigenvalue weighted by Crippen LogP contribution is 2.25. The van der Waals surface area contributed by atoms with Crippen LogP contribution in [0, 0.1) is 0 Å². The van der Waals surface area contributed by atoms with E-state index in [9.17, 15) is 4.79 Å². The van der Waals surface area contributed by atoms with E-state index >= 15 is 0 Å². The number of alkyl halides is 1. The molecule has 0 saturated heterocycles. The molecule has 2 rings (SSSR count). The maximum Gasteiger partial charge on any atom is 0.263 e. The summed E-state index contributed by atoms with van der Waals surface area (Å²) in [5.41, 5.74) is 0. The Bertz CT molecular complexity index is 475. The molecule has 16 heavy (non-hydrogen) atoms. The summed E-state index contributed by atoms with van der Waals surface area (Å²) in [6.45, 7) is 0.578. The molecule has 1 amide bonds. The molecule has 0 bridgehead atoms. The summed E-state index contributed by atoms with van der Waals surface area (Å²) >= 11 is 7.14. The van der Waals surface area contributed by atoms with Crippen molar-refractivity contribution in [1.82, 2.24) is 4.90 Å². The Kier molecular flexibility index (Phi) is 3.46. The van der Waals surface area contributed by atoms with Gasteiger partial charge < -0.3 is 4.90 Å². The van der Waals surface area contributed by atoms with Crippen molar-refractivity contribution >= 4 is 38.9 Å². The van der Waals surface area contributed by atoms with Gasteiger partial charge in [-0.1, -0.05) is 18.2 Å². The molecule has 2 nitrogen and oxygen atoms in total. The summed E-state index contributed by atoms with van der Waals surface area (Å²) in [7, 11) is 1.77. The number of amides is 1. The van der Waals surface area contributed by atoms with Gasteiger partial charge in [0.2, 0.25) is 0 Å². The predicted molar refractivity (Wildman–Crippen MR) is 69.5 cm³/mol. The third kappa shape index (κ3) is 2.20. The lowest BCUT2D eigenvalue weighted by Crippen LogP contribution is -2.27. The third-order valence-electron chi connectivity index (χ3n) is 2.40. The van der Waals surface area contributed by atoms with E-state index in [2.05, 4.69) is 0 Å². The largest absolute Gasteiger partial charge is 0.340 e. The van der Waals surface area contributed by atoms with Crippen LogP contribution in [-0.2, 0) is 0 Å². The average Bonchev–Trinajstić information content (AvgIpc) is 2.71. The molecule has 84 valence electrons. The van der Waals surface area contributed by atoms with E-state index in [0.29, 0.717) is 12.4 Å². The molecule has 1 aromatic carbocycles. The van der Waals surface area contributed by atoms with Crippen LogP contribution in [0.15, 0.2) is 30.3 Å². The van der Waals surface area contributed by atoms with Crippen molar-refractivity contribution in [2.45, 2.75) is 0 Å². The van der Waals surface area contributed by atoms with Gasteiger partial charge >= 0.3 is 0 Å². The van der Waals surface area contributed by atoms with Crippen LogP contribution in [0.3, 0.4) is 0 Å². The Morgan fingerprint density at radius 2 is 2.19 bits per heavy atom. The quantitative estimate of drug-likeness (QED) is 0.770. The van der Waals surface area contributed by atoms with Crippen LogP contribution in [0.5, 0.6) is 0 Å². The zero-order valence-corrected chi connectivity index (χ0v) is 10.5. The van der Waals surface area contributed by atoms with Gasteiger partial charge in [0.25, 0.3) is 5.91 Å². The Balaban J connectivity index is 2.29. The van der Waals surface area contributed by atoms with Crippen molar-refractivity contribution in [3.05, 3.63) is 35.2 Å². The first kappa shape index (κ1) is 11.4. The molecule has 0 fully saturated rings. The van der Waals surface area contributed by atoms with Crippen LogP contribution < -0.4 is 0 Å². The number of carbonyl (C=O) groups is 1. The maximum absolute atomic E-state index is 12.0. The fraction of sp³-hybridized carbons (Fsp3) is 0.250. The van der Waals surface area contributed by atoms with Crippen LogP contribution in [0.1, 0.15) is 9.67 Å². The van der Waals surface area contributed by atoms with Crippen LogP contribution >= 0.6 is 22.9 Å². The monoisotopic (exact) mass is 253 g/mol. The van der Waals surface area contributed by atoms with Crippen molar-refractivity contribution in [2.75, 3.05) is 19.5 Å². The van der Waals surface area contributed by atoms with E-state index in [0.717, 1.165) is 15.0 Å². The molecule has 0 N–H and O–H groups in total. The molecule has 0 spiro atoms. The molecule has 0 radical (unpaired) electrons. The van der Waals surface area contributed by atoms with Gasteiger partial charge in [-0.05, 0) is 17.5 Å². The first-order chi connectivity index (χ1) is 7.72. The van der Waals surface area contributed by atoms with Crippen LogP contribution in [0.2, 0.25) is 0 Å². The number of rotatable bonds is 3. The summed E-state index contributed by atoms with van der Waals surface area (Å²) in [5.74, 6) is 0.509. The zero-order chi connectivity index (χ0) is 11.5. The molecule has 1 heterocycles. The summed E-state index contributed by atoms with van der Waals surface area (Å²) in [6, 6.07) is 9.94. The SMILES string of the molecule is CN(CCCl)C(=O)c1cc2ccccc2s1. The molecule has 0 aliphatic heterocycles. The van der Waals surface area contributed by atoms with Crippen molar-refractivity contribution in [3.63, 3.8) is 0 Å². The van der Waals surface area contributed by atoms with Gasteiger partial charge in [0.1, 0.15) is 0 Å². The minimum Gasteiger partial charge on any atom is -0.340 e. The van der Waals surface area contributed by atoms with E-state index in [4.69, 9.17) is 11.6 Å². The Morgan fingerprint density at radius 3 is 2.88 bits per heavy atom. The van der Waals surface area contributed by atoms with Gasteiger partial charge in [0.15, 0.2) is 0 Å². The number of benzene rings is 1. The van der Waals surface area contributed by atoms with Crippen molar-refractivity contribution < 1.29 is 4.79 Å². The van der Waals surface area contributed by atoms with E-state index in [1.807, 2.05) is 30.3 Å². The summed E-state index contributed by atoms with van der Waals surface area (Å²) in [6.07, 6.45) is 0. The van der Waals surface area contributed by atoms with Crippen molar-refractivity contribution in [2.24, 2.45) is 0 Å². The fourth-order valence-corrected chi connectivity index (χ4v) is 2.81. The Labute approximate surface area is 103 Å². The van der Waals surface area contributed by atoms with Crippen molar-refractivity contribution in [3.8, 4) is 0 Å². The fourth-order valence-electron chi connectivity index (χ4n) is 1.50. The van der Waals surface area contributed by atoms with Gasteiger partial charge in [-0.3, -0.25) is 4.79 Å². The molecule has 0 aliphatic rings. The van der Waals surface area contributed by atoms with Crippen LogP contribution in [-0.4, -0.2) is 30.3 Å². The molecule has 0 saturated carbocycles. The molecular weight excluding hydrogens is 242 g/mol. The second-order valence-electron chi connectivity index (χ2n) is 3.56. The van der Waals surface area contributed by atoms with Gasteiger partial charge in [-0.2, -0.15) is 0 Å². The number of halogens is 1. The highest BCUT2D eigenvalue weighted by Gasteiger charge is 2.13. The minimum absolute atomic E-state index is 0.0434. The third-order valence-corrected chi connectivity index (χ3v) is 3.68. The molecule has 2 aromatic rings. The van der Waals surface area contributed by atoms with Gasteiger partial charge in [0, 0.05) is 24.2 Å². The first-order valence-electron chi connectivity index (χ1n) is 5.02. The second kappa shape index (κ2) is 4.85. The molecule has 0 atom stereocenters. The second-order valence-corrected chi connectivity index (χ2v) is 5.03. The van der Waals surface area contributed by atoms with Gasteiger partial charge in [0.05, 0.1) is 4.88 Å². The summed E-state index contributed by atoms with van der Waals surface area (Å²) < 4.78 is 1.14. The van der Waals surface area contributed by atoms with Crippen LogP contribution in [0.4, 0.5) is 0 Å². The molecule has 0 unspecified atom stereocenters. The molecule has 4 heteroatoms.